The van der Waals surface area contributed by atoms with Crippen molar-refractivity contribution in [2.45, 2.75) is 57.1 Å². The third kappa shape index (κ3) is 3.94. The second-order valence-electron chi connectivity index (χ2n) is 6.93. The van der Waals surface area contributed by atoms with E-state index in [1.807, 2.05) is 6.92 Å². The van der Waals surface area contributed by atoms with E-state index in [9.17, 15) is 5.11 Å². The number of aliphatic hydroxyl groups is 1. The number of piperidine rings is 2. The SMILES string of the molecule is CCC(O)(CN)CCCN1CCC2C(CCCN2C)C1. The minimum atomic E-state index is -0.636. The van der Waals surface area contributed by atoms with E-state index in [-0.39, 0.29) is 0 Å². The van der Waals surface area contributed by atoms with Gasteiger partial charge in [0, 0.05) is 19.1 Å². The fourth-order valence-electron chi connectivity index (χ4n) is 3.99. The summed E-state index contributed by atoms with van der Waals surface area (Å²) in [6.07, 6.45) is 6.73. The Balaban J connectivity index is 1.73. The van der Waals surface area contributed by atoms with E-state index in [0.29, 0.717) is 6.54 Å². The number of fused-ring (bicyclic) bond motifs is 1. The van der Waals surface area contributed by atoms with E-state index in [0.717, 1.165) is 37.8 Å². The molecule has 2 fully saturated rings. The van der Waals surface area contributed by atoms with Crippen molar-refractivity contribution in [3.05, 3.63) is 0 Å². The smallest absolute Gasteiger partial charge is 0.0767 e. The molecule has 0 bridgehead atoms. The highest BCUT2D eigenvalue weighted by molar-refractivity contribution is 4.89. The summed E-state index contributed by atoms with van der Waals surface area (Å²) in [6.45, 7) is 7.28. The van der Waals surface area contributed by atoms with Gasteiger partial charge in [-0.05, 0) is 71.1 Å². The van der Waals surface area contributed by atoms with Crippen LogP contribution in [-0.4, -0.2) is 66.3 Å². The summed E-state index contributed by atoms with van der Waals surface area (Å²) in [4.78, 5) is 5.17. The van der Waals surface area contributed by atoms with Crippen LogP contribution >= 0.6 is 0 Å². The van der Waals surface area contributed by atoms with Gasteiger partial charge in [-0.15, -0.1) is 0 Å². The first kappa shape index (κ1) is 16.2. The van der Waals surface area contributed by atoms with Crippen LogP contribution in [0.5, 0.6) is 0 Å². The fraction of sp³-hybridized carbons (Fsp3) is 1.00. The van der Waals surface area contributed by atoms with E-state index in [2.05, 4.69) is 16.8 Å². The second kappa shape index (κ2) is 7.21. The lowest BCUT2D eigenvalue weighted by atomic mass is 9.84. The quantitative estimate of drug-likeness (QED) is 0.771. The van der Waals surface area contributed by atoms with Crippen molar-refractivity contribution in [1.82, 2.24) is 9.80 Å². The molecular formula is C16H33N3O. The molecule has 4 heteroatoms. The summed E-state index contributed by atoms with van der Waals surface area (Å²) in [7, 11) is 2.29. The predicted octanol–water partition coefficient (Wildman–Crippen LogP) is 1.28. The molecule has 0 aromatic carbocycles. The first-order valence-electron chi connectivity index (χ1n) is 8.43. The maximum atomic E-state index is 10.2. The molecule has 0 aliphatic carbocycles. The van der Waals surface area contributed by atoms with Gasteiger partial charge in [-0.25, -0.2) is 0 Å². The van der Waals surface area contributed by atoms with Crippen molar-refractivity contribution < 1.29 is 5.11 Å². The molecule has 2 aliphatic rings. The van der Waals surface area contributed by atoms with Crippen LogP contribution < -0.4 is 5.73 Å². The van der Waals surface area contributed by atoms with Gasteiger partial charge in [-0.1, -0.05) is 6.92 Å². The zero-order valence-corrected chi connectivity index (χ0v) is 13.4. The molecule has 118 valence electrons. The van der Waals surface area contributed by atoms with E-state index < -0.39 is 5.60 Å². The first-order chi connectivity index (χ1) is 9.58. The van der Waals surface area contributed by atoms with Crippen LogP contribution in [0.2, 0.25) is 0 Å². The van der Waals surface area contributed by atoms with Crippen molar-refractivity contribution in [2.24, 2.45) is 11.7 Å². The first-order valence-corrected chi connectivity index (χ1v) is 8.43. The van der Waals surface area contributed by atoms with Crippen LogP contribution in [0.3, 0.4) is 0 Å². The highest BCUT2D eigenvalue weighted by Crippen LogP contribution is 2.29. The van der Waals surface area contributed by atoms with E-state index >= 15 is 0 Å². The van der Waals surface area contributed by atoms with Gasteiger partial charge >= 0.3 is 0 Å². The summed E-state index contributed by atoms with van der Waals surface area (Å²) < 4.78 is 0. The molecule has 3 N–H and O–H groups in total. The van der Waals surface area contributed by atoms with Crippen LogP contribution in [-0.2, 0) is 0 Å². The molecule has 2 heterocycles. The molecule has 2 rings (SSSR count). The molecule has 20 heavy (non-hydrogen) atoms. The molecule has 0 spiro atoms. The highest BCUT2D eigenvalue weighted by atomic mass is 16.3. The molecule has 2 saturated heterocycles. The Morgan fingerprint density at radius 3 is 2.80 bits per heavy atom. The van der Waals surface area contributed by atoms with E-state index in [4.69, 9.17) is 5.73 Å². The number of hydrogen-bond acceptors (Lipinski definition) is 4. The molecule has 0 amide bonds. The molecule has 0 aromatic heterocycles. The second-order valence-corrected chi connectivity index (χ2v) is 6.93. The normalized spacial score (nSPS) is 31.8. The summed E-state index contributed by atoms with van der Waals surface area (Å²) in [5, 5.41) is 10.2. The van der Waals surface area contributed by atoms with E-state index in [1.165, 1.54) is 38.9 Å². The fourth-order valence-corrected chi connectivity index (χ4v) is 3.99. The molecule has 0 saturated carbocycles. The van der Waals surface area contributed by atoms with E-state index in [1.54, 1.807) is 0 Å². The van der Waals surface area contributed by atoms with Gasteiger partial charge < -0.3 is 20.6 Å². The molecule has 3 atom stereocenters. The molecule has 4 nitrogen and oxygen atoms in total. The Bertz CT molecular complexity index is 293. The lowest BCUT2D eigenvalue weighted by Gasteiger charge is -2.46. The Morgan fingerprint density at radius 1 is 1.30 bits per heavy atom. The molecular weight excluding hydrogens is 250 g/mol. The van der Waals surface area contributed by atoms with Crippen molar-refractivity contribution in [3.8, 4) is 0 Å². The van der Waals surface area contributed by atoms with Crippen molar-refractivity contribution in [2.75, 3.05) is 39.8 Å². The van der Waals surface area contributed by atoms with Gasteiger partial charge in [0.1, 0.15) is 0 Å². The van der Waals surface area contributed by atoms with Gasteiger partial charge in [0.2, 0.25) is 0 Å². The zero-order valence-electron chi connectivity index (χ0n) is 13.4. The Kier molecular flexibility index (Phi) is 5.84. The lowest BCUT2D eigenvalue weighted by Crippen LogP contribution is -2.52. The molecule has 0 aromatic rings. The third-order valence-corrected chi connectivity index (χ3v) is 5.58. The summed E-state index contributed by atoms with van der Waals surface area (Å²) in [5.74, 6) is 0.863. The third-order valence-electron chi connectivity index (χ3n) is 5.58. The van der Waals surface area contributed by atoms with Crippen LogP contribution in [0.4, 0.5) is 0 Å². The molecule has 2 aliphatic heterocycles. The van der Waals surface area contributed by atoms with Crippen LogP contribution in [0, 0.1) is 5.92 Å². The molecule has 3 unspecified atom stereocenters. The van der Waals surface area contributed by atoms with Gasteiger partial charge in [0.15, 0.2) is 0 Å². The highest BCUT2D eigenvalue weighted by Gasteiger charge is 2.34. The van der Waals surface area contributed by atoms with Crippen molar-refractivity contribution >= 4 is 0 Å². The van der Waals surface area contributed by atoms with Gasteiger partial charge in [0.25, 0.3) is 0 Å². The number of rotatable bonds is 6. The minimum Gasteiger partial charge on any atom is -0.389 e. The van der Waals surface area contributed by atoms with Gasteiger partial charge in [0.05, 0.1) is 5.60 Å². The molecule has 0 radical (unpaired) electrons. The van der Waals surface area contributed by atoms with Crippen LogP contribution in [0.15, 0.2) is 0 Å². The maximum absolute atomic E-state index is 10.2. The number of likely N-dealkylation sites (tertiary alicyclic amines) is 2. The van der Waals surface area contributed by atoms with Crippen LogP contribution in [0.25, 0.3) is 0 Å². The average molecular weight is 283 g/mol. The minimum absolute atomic E-state index is 0.388. The number of nitrogens with two attached hydrogens (primary N) is 1. The number of hydrogen-bond donors (Lipinski definition) is 2. The largest absolute Gasteiger partial charge is 0.389 e. The van der Waals surface area contributed by atoms with Crippen molar-refractivity contribution in [1.29, 1.82) is 0 Å². The average Bonchev–Trinajstić information content (AvgIpc) is 2.47. The van der Waals surface area contributed by atoms with Gasteiger partial charge in [-0.3, -0.25) is 0 Å². The maximum Gasteiger partial charge on any atom is 0.0767 e. The topological polar surface area (TPSA) is 52.7 Å². The number of nitrogens with zero attached hydrogens (tertiary/aromatic N) is 2. The van der Waals surface area contributed by atoms with Crippen LogP contribution in [0.1, 0.15) is 45.4 Å². The Hall–Kier alpha value is -0.160. The monoisotopic (exact) mass is 283 g/mol. The summed E-state index contributed by atoms with van der Waals surface area (Å²) in [6, 6.07) is 0.816. The Labute approximate surface area is 124 Å². The Morgan fingerprint density at radius 2 is 2.10 bits per heavy atom. The van der Waals surface area contributed by atoms with Crippen molar-refractivity contribution in [3.63, 3.8) is 0 Å². The summed E-state index contributed by atoms with van der Waals surface area (Å²) >= 11 is 0. The van der Waals surface area contributed by atoms with Gasteiger partial charge in [-0.2, -0.15) is 0 Å². The zero-order chi connectivity index (χ0) is 14.6. The summed E-state index contributed by atoms with van der Waals surface area (Å²) in [5.41, 5.74) is 5.03. The lowest BCUT2D eigenvalue weighted by molar-refractivity contribution is 0.0189. The predicted molar refractivity (Wildman–Crippen MR) is 83.7 cm³/mol. The standard InChI is InChI=1S/C16H33N3O/c1-3-16(20,13-17)8-5-10-19-11-7-15-14(12-19)6-4-9-18(15)2/h14-15,20H,3-13,17H2,1-2H3.